The van der Waals surface area contributed by atoms with Crippen LogP contribution in [0.4, 0.5) is 0 Å². The van der Waals surface area contributed by atoms with E-state index in [1.807, 2.05) is 0 Å². The average Bonchev–Trinajstić information content (AvgIpc) is 2.48. The zero-order valence-electron chi connectivity index (χ0n) is 11.8. The summed E-state index contributed by atoms with van der Waals surface area (Å²) in [4.78, 5) is 18.4. The van der Waals surface area contributed by atoms with Crippen LogP contribution in [0, 0.1) is 0 Å². The highest BCUT2D eigenvalue weighted by Crippen LogP contribution is 2.26. The van der Waals surface area contributed by atoms with Crippen molar-refractivity contribution in [3.05, 3.63) is 29.6 Å². The molecular formula is C14H20N4O3. The van der Waals surface area contributed by atoms with E-state index in [0.29, 0.717) is 24.2 Å². The fourth-order valence-electron chi connectivity index (χ4n) is 2.27. The highest BCUT2D eigenvalue weighted by Gasteiger charge is 2.29. The van der Waals surface area contributed by atoms with Gasteiger partial charge >= 0.3 is 0 Å². The Morgan fingerprint density at radius 1 is 1.48 bits per heavy atom. The van der Waals surface area contributed by atoms with Gasteiger partial charge in [0, 0.05) is 31.0 Å². The van der Waals surface area contributed by atoms with Gasteiger partial charge in [0.05, 0.1) is 0 Å². The second kappa shape index (κ2) is 7.03. The van der Waals surface area contributed by atoms with Crippen molar-refractivity contribution in [2.24, 2.45) is 10.9 Å². The van der Waals surface area contributed by atoms with Gasteiger partial charge in [-0.15, -0.1) is 0 Å². The Kier molecular flexibility index (Phi) is 5.10. The summed E-state index contributed by atoms with van der Waals surface area (Å²) in [5, 5.41) is 20.5. The summed E-state index contributed by atoms with van der Waals surface area (Å²) < 4.78 is 0. The first kappa shape index (κ1) is 15.2. The SMILES string of the molecule is N/C(=N/O)c1ccc(C(=O)N(CCCO)C2CCC2)nc1. The lowest BCUT2D eigenvalue weighted by Crippen LogP contribution is -2.45. The van der Waals surface area contributed by atoms with E-state index in [0.717, 1.165) is 19.3 Å². The summed E-state index contributed by atoms with van der Waals surface area (Å²) in [6, 6.07) is 3.41. The van der Waals surface area contributed by atoms with Crippen LogP contribution in [0.25, 0.3) is 0 Å². The molecule has 0 aliphatic heterocycles. The maximum atomic E-state index is 12.5. The molecule has 2 rings (SSSR count). The molecule has 0 aromatic carbocycles. The number of hydrogen-bond acceptors (Lipinski definition) is 5. The van der Waals surface area contributed by atoms with Crippen LogP contribution in [0.3, 0.4) is 0 Å². The first-order valence-corrected chi connectivity index (χ1v) is 7.03. The van der Waals surface area contributed by atoms with E-state index in [1.54, 1.807) is 17.0 Å². The lowest BCUT2D eigenvalue weighted by Gasteiger charge is -2.37. The summed E-state index contributed by atoms with van der Waals surface area (Å²) in [6.07, 6.45) is 5.10. The highest BCUT2D eigenvalue weighted by atomic mass is 16.4. The number of aliphatic hydroxyl groups excluding tert-OH is 1. The minimum Gasteiger partial charge on any atom is -0.409 e. The number of aliphatic hydroxyl groups is 1. The first-order chi connectivity index (χ1) is 10.2. The van der Waals surface area contributed by atoms with Crippen LogP contribution in [0.2, 0.25) is 0 Å². The molecule has 0 bridgehead atoms. The van der Waals surface area contributed by atoms with Crippen LogP contribution in [-0.2, 0) is 0 Å². The Labute approximate surface area is 123 Å². The molecule has 1 fully saturated rings. The average molecular weight is 292 g/mol. The van der Waals surface area contributed by atoms with Gasteiger partial charge in [0.2, 0.25) is 0 Å². The molecule has 1 aromatic heterocycles. The largest absolute Gasteiger partial charge is 0.409 e. The van der Waals surface area contributed by atoms with E-state index in [1.165, 1.54) is 6.20 Å². The summed E-state index contributed by atoms with van der Waals surface area (Å²) in [7, 11) is 0. The minimum atomic E-state index is -0.140. The number of oxime groups is 1. The molecule has 1 aliphatic rings. The number of amides is 1. The van der Waals surface area contributed by atoms with Crippen molar-refractivity contribution in [1.29, 1.82) is 0 Å². The van der Waals surface area contributed by atoms with Crippen LogP contribution < -0.4 is 5.73 Å². The molecule has 7 nitrogen and oxygen atoms in total. The van der Waals surface area contributed by atoms with Crippen molar-refractivity contribution in [2.75, 3.05) is 13.2 Å². The van der Waals surface area contributed by atoms with E-state index >= 15 is 0 Å². The standard InChI is InChI=1S/C14H20N4O3/c15-13(17-21)10-5-6-12(16-9-10)14(20)18(7-2-8-19)11-3-1-4-11/h5-6,9,11,19,21H,1-4,7-8H2,(H2,15,17). The molecule has 21 heavy (non-hydrogen) atoms. The van der Waals surface area contributed by atoms with Crippen molar-refractivity contribution in [3.8, 4) is 0 Å². The van der Waals surface area contributed by atoms with Crippen molar-refractivity contribution >= 4 is 11.7 Å². The van der Waals surface area contributed by atoms with Gasteiger partial charge in [-0.25, -0.2) is 0 Å². The third-order valence-electron chi connectivity index (χ3n) is 3.72. The molecule has 0 atom stereocenters. The van der Waals surface area contributed by atoms with Crippen LogP contribution in [-0.4, -0.2) is 51.1 Å². The smallest absolute Gasteiger partial charge is 0.272 e. The van der Waals surface area contributed by atoms with Gasteiger partial charge in [-0.2, -0.15) is 0 Å². The normalized spacial score (nSPS) is 15.6. The number of hydrogen-bond donors (Lipinski definition) is 3. The molecule has 0 radical (unpaired) electrons. The van der Waals surface area contributed by atoms with E-state index in [2.05, 4.69) is 10.1 Å². The van der Waals surface area contributed by atoms with E-state index in [-0.39, 0.29) is 24.4 Å². The van der Waals surface area contributed by atoms with Gasteiger partial charge in [0.25, 0.3) is 5.91 Å². The number of amidine groups is 1. The summed E-state index contributed by atoms with van der Waals surface area (Å²) in [5.41, 5.74) is 6.25. The van der Waals surface area contributed by atoms with Crippen LogP contribution in [0.1, 0.15) is 41.7 Å². The van der Waals surface area contributed by atoms with E-state index < -0.39 is 0 Å². The summed E-state index contributed by atoms with van der Waals surface area (Å²) in [5.74, 6) is -0.183. The fourth-order valence-corrected chi connectivity index (χ4v) is 2.27. The Morgan fingerprint density at radius 2 is 2.24 bits per heavy atom. The number of nitrogens with zero attached hydrogens (tertiary/aromatic N) is 3. The topological polar surface area (TPSA) is 112 Å². The predicted molar refractivity (Wildman–Crippen MR) is 77.1 cm³/mol. The number of aromatic nitrogens is 1. The van der Waals surface area contributed by atoms with Crippen LogP contribution >= 0.6 is 0 Å². The maximum absolute atomic E-state index is 12.5. The van der Waals surface area contributed by atoms with Gasteiger partial charge in [0.15, 0.2) is 5.84 Å². The van der Waals surface area contributed by atoms with Crippen molar-refractivity contribution in [1.82, 2.24) is 9.88 Å². The molecular weight excluding hydrogens is 272 g/mol. The maximum Gasteiger partial charge on any atom is 0.272 e. The monoisotopic (exact) mass is 292 g/mol. The molecule has 0 unspecified atom stereocenters. The fraction of sp³-hybridized carbons (Fsp3) is 0.500. The number of nitrogens with two attached hydrogens (primary N) is 1. The zero-order valence-corrected chi connectivity index (χ0v) is 11.8. The van der Waals surface area contributed by atoms with Crippen molar-refractivity contribution in [2.45, 2.75) is 31.7 Å². The van der Waals surface area contributed by atoms with Gasteiger partial charge in [0.1, 0.15) is 5.69 Å². The second-order valence-corrected chi connectivity index (χ2v) is 5.08. The van der Waals surface area contributed by atoms with Crippen molar-refractivity contribution < 1.29 is 15.1 Å². The molecule has 4 N–H and O–H groups in total. The summed E-state index contributed by atoms with van der Waals surface area (Å²) >= 11 is 0. The Bertz CT molecular complexity index is 511. The second-order valence-electron chi connectivity index (χ2n) is 5.08. The molecule has 1 aromatic rings. The van der Waals surface area contributed by atoms with E-state index in [9.17, 15) is 4.79 Å². The van der Waals surface area contributed by atoms with E-state index in [4.69, 9.17) is 16.0 Å². The third kappa shape index (κ3) is 3.49. The van der Waals surface area contributed by atoms with Crippen LogP contribution in [0.5, 0.6) is 0 Å². The van der Waals surface area contributed by atoms with Gasteiger partial charge in [-0.1, -0.05) is 5.16 Å². The van der Waals surface area contributed by atoms with Gasteiger partial charge < -0.3 is 20.9 Å². The molecule has 1 aliphatic carbocycles. The first-order valence-electron chi connectivity index (χ1n) is 7.03. The minimum absolute atomic E-state index is 0.0439. The third-order valence-corrected chi connectivity index (χ3v) is 3.72. The molecule has 0 spiro atoms. The zero-order chi connectivity index (χ0) is 15.2. The van der Waals surface area contributed by atoms with Gasteiger partial charge in [-0.05, 0) is 37.8 Å². The number of carbonyl (C=O) groups is 1. The Balaban J connectivity index is 2.12. The Hall–Kier alpha value is -2.15. The molecule has 1 saturated carbocycles. The highest BCUT2D eigenvalue weighted by molar-refractivity contribution is 5.98. The number of rotatable bonds is 6. The van der Waals surface area contributed by atoms with Crippen molar-refractivity contribution in [3.63, 3.8) is 0 Å². The molecule has 7 heteroatoms. The predicted octanol–water partition coefficient (Wildman–Crippen LogP) is 0.553. The molecule has 1 heterocycles. The number of carbonyl (C=O) groups excluding carboxylic acids is 1. The number of pyridine rings is 1. The quantitative estimate of drug-likeness (QED) is 0.307. The molecule has 114 valence electrons. The molecule has 1 amide bonds. The summed E-state index contributed by atoms with van der Waals surface area (Å²) in [6.45, 7) is 0.593. The Morgan fingerprint density at radius 3 is 2.71 bits per heavy atom. The van der Waals surface area contributed by atoms with Gasteiger partial charge in [-0.3, -0.25) is 9.78 Å². The van der Waals surface area contributed by atoms with Crippen LogP contribution in [0.15, 0.2) is 23.5 Å². The molecule has 0 saturated heterocycles. The lowest BCUT2D eigenvalue weighted by atomic mass is 9.91. The lowest BCUT2D eigenvalue weighted by molar-refractivity contribution is 0.0556.